The monoisotopic (exact) mass is 269 g/mol. The van der Waals surface area contributed by atoms with Crippen LogP contribution < -0.4 is 0 Å². The van der Waals surface area contributed by atoms with Gasteiger partial charge in [0.1, 0.15) is 0 Å². The molecule has 20 heavy (non-hydrogen) atoms. The minimum absolute atomic E-state index is 0.408. The second-order valence-electron chi connectivity index (χ2n) is 6.23. The van der Waals surface area contributed by atoms with Crippen molar-refractivity contribution in [2.75, 3.05) is 13.1 Å². The Kier molecular flexibility index (Phi) is 3.77. The van der Waals surface area contributed by atoms with Gasteiger partial charge in [0.25, 0.3) is 0 Å². The third-order valence-electron chi connectivity index (χ3n) is 4.50. The second-order valence-corrected chi connectivity index (χ2v) is 6.23. The molecule has 0 saturated carbocycles. The van der Waals surface area contributed by atoms with Crippen molar-refractivity contribution >= 4 is 10.8 Å². The van der Waals surface area contributed by atoms with Crippen LogP contribution in [0.3, 0.4) is 0 Å². The second kappa shape index (κ2) is 5.55. The summed E-state index contributed by atoms with van der Waals surface area (Å²) >= 11 is 0. The van der Waals surface area contributed by atoms with Gasteiger partial charge in [0, 0.05) is 19.1 Å². The van der Waals surface area contributed by atoms with E-state index in [4.69, 9.17) is 0 Å². The molecule has 0 bridgehead atoms. The number of benzene rings is 2. The van der Waals surface area contributed by atoms with Crippen molar-refractivity contribution in [3.05, 3.63) is 48.0 Å². The Morgan fingerprint density at radius 1 is 1.15 bits per heavy atom. The number of hydrogen-bond donors (Lipinski definition) is 1. The van der Waals surface area contributed by atoms with Gasteiger partial charge in [-0.1, -0.05) is 49.4 Å². The van der Waals surface area contributed by atoms with Crippen LogP contribution in [-0.2, 0) is 0 Å². The van der Waals surface area contributed by atoms with E-state index in [1.807, 2.05) is 18.2 Å². The molecule has 0 aromatic heterocycles. The van der Waals surface area contributed by atoms with Crippen LogP contribution in [0.5, 0.6) is 0 Å². The molecule has 0 spiro atoms. The molecule has 3 unspecified atom stereocenters. The Morgan fingerprint density at radius 3 is 2.65 bits per heavy atom. The van der Waals surface area contributed by atoms with Gasteiger partial charge in [-0.2, -0.15) is 0 Å². The molecule has 2 nitrogen and oxygen atoms in total. The van der Waals surface area contributed by atoms with E-state index >= 15 is 0 Å². The van der Waals surface area contributed by atoms with E-state index in [2.05, 4.69) is 43.0 Å². The van der Waals surface area contributed by atoms with E-state index in [-0.39, 0.29) is 0 Å². The number of rotatable bonds is 3. The molecular formula is C18H23NO. The Morgan fingerprint density at radius 2 is 1.90 bits per heavy atom. The predicted molar refractivity (Wildman–Crippen MR) is 83.7 cm³/mol. The molecule has 1 aliphatic heterocycles. The highest BCUT2D eigenvalue weighted by molar-refractivity contribution is 5.85. The zero-order valence-electron chi connectivity index (χ0n) is 12.3. The summed E-state index contributed by atoms with van der Waals surface area (Å²) in [6, 6.07) is 15.1. The molecule has 0 aliphatic carbocycles. The predicted octanol–water partition coefficient (Wildman–Crippen LogP) is 3.60. The normalized spacial score (nSPS) is 25.1. The van der Waals surface area contributed by atoms with Crippen molar-refractivity contribution in [2.45, 2.75) is 32.4 Å². The maximum absolute atomic E-state index is 10.6. The highest BCUT2D eigenvalue weighted by Crippen LogP contribution is 2.28. The number of nitrogens with zero attached hydrogens (tertiary/aromatic N) is 1. The summed E-state index contributed by atoms with van der Waals surface area (Å²) in [4.78, 5) is 2.41. The van der Waals surface area contributed by atoms with Gasteiger partial charge < -0.3 is 5.11 Å². The van der Waals surface area contributed by atoms with E-state index < -0.39 is 6.10 Å². The molecule has 1 N–H and O–H groups in total. The summed E-state index contributed by atoms with van der Waals surface area (Å²) in [6.07, 6.45) is 0.830. The lowest BCUT2D eigenvalue weighted by molar-refractivity contribution is 0.110. The largest absolute Gasteiger partial charge is 0.387 e. The van der Waals surface area contributed by atoms with Crippen LogP contribution in [0, 0.1) is 5.92 Å². The first-order chi connectivity index (χ1) is 9.65. The third-order valence-corrected chi connectivity index (χ3v) is 4.50. The number of aliphatic hydroxyl groups is 1. The quantitative estimate of drug-likeness (QED) is 0.920. The van der Waals surface area contributed by atoms with Crippen molar-refractivity contribution in [1.29, 1.82) is 0 Å². The van der Waals surface area contributed by atoms with Crippen molar-refractivity contribution in [3.8, 4) is 0 Å². The smallest absolute Gasteiger partial charge is 0.0923 e. The molecule has 1 aliphatic rings. The SMILES string of the molecule is CC1CC(C)N(CC(O)c2cccc3ccccc23)C1. The van der Waals surface area contributed by atoms with Gasteiger partial charge in [-0.25, -0.2) is 0 Å². The maximum atomic E-state index is 10.6. The topological polar surface area (TPSA) is 23.5 Å². The van der Waals surface area contributed by atoms with Crippen LogP contribution in [0.15, 0.2) is 42.5 Å². The fourth-order valence-corrected chi connectivity index (χ4v) is 3.50. The summed E-state index contributed by atoms with van der Waals surface area (Å²) in [5.41, 5.74) is 1.05. The molecular weight excluding hydrogens is 246 g/mol. The van der Waals surface area contributed by atoms with Gasteiger partial charge in [0.05, 0.1) is 6.10 Å². The van der Waals surface area contributed by atoms with Crippen LogP contribution >= 0.6 is 0 Å². The van der Waals surface area contributed by atoms with Crippen molar-refractivity contribution in [2.24, 2.45) is 5.92 Å². The molecule has 2 aromatic carbocycles. The number of hydrogen-bond acceptors (Lipinski definition) is 2. The van der Waals surface area contributed by atoms with E-state index in [9.17, 15) is 5.11 Å². The zero-order valence-corrected chi connectivity index (χ0v) is 12.3. The Hall–Kier alpha value is -1.38. The lowest BCUT2D eigenvalue weighted by Gasteiger charge is -2.25. The van der Waals surface area contributed by atoms with E-state index in [1.54, 1.807) is 0 Å². The summed E-state index contributed by atoms with van der Waals surface area (Å²) in [5.74, 6) is 0.740. The van der Waals surface area contributed by atoms with Crippen molar-refractivity contribution in [1.82, 2.24) is 4.90 Å². The zero-order chi connectivity index (χ0) is 14.1. The summed E-state index contributed by atoms with van der Waals surface area (Å²) in [5, 5.41) is 13.0. The fourth-order valence-electron chi connectivity index (χ4n) is 3.50. The maximum Gasteiger partial charge on any atom is 0.0923 e. The van der Waals surface area contributed by atoms with E-state index in [1.165, 1.54) is 17.2 Å². The average molecular weight is 269 g/mol. The average Bonchev–Trinajstić information content (AvgIpc) is 2.76. The van der Waals surface area contributed by atoms with Gasteiger partial charge >= 0.3 is 0 Å². The van der Waals surface area contributed by atoms with Gasteiger partial charge in [0.15, 0.2) is 0 Å². The Balaban J connectivity index is 1.84. The third kappa shape index (κ3) is 2.58. The molecule has 3 rings (SSSR count). The van der Waals surface area contributed by atoms with Gasteiger partial charge in [-0.05, 0) is 35.6 Å². The standard InChI is InChI=1S/C18H23NO/c1-13-10-14(2)19(11-13)12-18(20)17-9-5-7-15-6-3-4-8-16(15)17/h3-9,13-14,18,20H,10-12H2,1-2H3. The minimum Gasteiger partial charge on any atom is -0.387 e. The van der Waals surface area contributed by atoms with E-state index in [0.29, 0.717) is 6.04 Å². The highest BCUT2D eigenvalue weighted by Gasteiger charge is 2.28. The molecule has 106 valence electrons. The highest BCUT2D eigenvalue weighted by atomic mass is 16.3. The molecule has 1 fully saturated rings. The summed E-state index contributed by atoms with van der Waals surface area (Å²) < 4.78 is 0. The van der Waals surface area contributed by atoms with Crippen molar-refractivity contribution in [3.63, 3.8) is 0 Å². The lowest BCUT2D eigenvalue weighted by Crippen LogP contribution is -2.31. The number of β-amino-alcohol motifs (C(OH)–C–C–N with tert-alkyl or cyclic N) is 1. The number of aliphatic hydroxyl groups excluding tert-OH is 1. The van der Waals surface area contributed by atoms with E-state index in [0.717, 1.165) is 24.6 Å². The van der Waals surface area contributed by atoms with Crippen LogP contribution in [0.25, 0.3) is 10.8 Å². The number of likely N-dealkylation sites (tertiary alicyclic amines) is 1. The summed E-state index contributed by atoms with van der Waals surface area (Å²) in [7, 11) is 0. The first-order valence-electron chi connectivity index (χ1n) is 7.55. The van der Waals surface area contributed by atoms with Crippen LogP contribution in [0.2, 0.25) is 0 Å². The fraction of sp³-hybridized carbons (Fsp3) is 0.444. The minimum atomic E-state index is -0.408. The van der Waals surface area contributed by atoms with Gasteiger partial charge in [-0.15, -0.1) is 0 Å². The molecule has 0 amide bonds. The van der Waals surface area contributed by atoms with Crippen LogP contribution in [0.4, 0.5) is 0 Å². The molecule has 1 saturated heterocycles. The number of fused-ring (bicyclic) bond motifs is 1. The lowest BCUT2D eigenvalue weighted by atomic mass is 10.00. The van der Waals surface area contributed by atoms with Crippen LogP contribution in [-0.4, -0.2) is 29.1 Å². The van der Waals surface area contributed by atoms with Gasteiger partial charge in [-0.3, -0.25) is 4.90 Å². The van der Waals surface area contributed by atoms with Crippen LogP contribution in [0.1, 0.15) is 31.9 Å². The molecule has 2 aromatic rings. The van der Waals surface area contributed by atoms with Gasteiger partial charge in [0.2, 0.25) is 0 Å². The molecule has 0 radical (unpaired) electrons. The molecule has 1 heterocycles. The Bertz CT molecular complexity index is 589. The Labute approximate surface area is 121 Å². The molecule has 2 heteroatoms. The molecule has 3 atom stereocenters. The first-order valence-corrected chi connectivity index (χ1v) is 7.55. The first kappa shape index (κ1) is 13.6. The van der Waals surface area contributed by atoms with Crippen molar-refractivity contribution < 1.29 is 5.11 Å². The summed E-state index contributed by atoms with van der Waals surface area (Å²) in [6.45, 7) is 6.39.